The van der Waals surface area contributed by atoms with Gasteiger partial charge in [-0.1, -0.05) is 17.7 Å². The van der Waals surface area contributed by atoms with Crippen molar-refractivity contribution in [2.45, 2.75) is 25.4 Å². The molecule has 1 heterocycles. The van der Waals surface area contributed by atoms with Crippen molar-refractivity contribution in [1.82, 2.24) is 0 Å². The lowest BCUT2D eigenvalue weighted by Crippen LogP contribution is -2.47. The average molecular weight is 310 g/mol. The average Bonchev–Trinajstić information content (AvgIpc) is 2.46. The monoisotopic (exact) mass is 309 g/mol. The number of carboxylic acid groups (broad SMARTS) is 1. The summed E-state index contributed by atoms with van der Waals surface area (Å²) in [6.45, 7) is 3.77. The molecule has 1 atom stereocenters. The van der Waals surface area contributed by atoms with Crippen molar-refractivity contribution in [3.05, 3.63) is 34.9 Å². The highest BCUT2D eigenvalue weighted by molar-refractivity contribution is 6.31. The number of benzene rings is 1. The lowest BCUT2D eigenvalue weighted by Gasteiger charge is -2.41. The van der Waals surface area contributed by atoms with E-state index >= 15 is 0 Å². The number of aliphatic carboxylic acids is 1. The van der Waals surface area contributed by atoms with Gasteiger partial charge in [0.2, 0.25) is 0 Å². The summed E-state index contributed by atoms with van der Waals surface area (Å²) < 4.78 is 5.61. The molecule has 1 saturated heterocycles. The van der Waals surface area contributed by atoms with E-state index in [1.807, 2.05) is 12.1 Å². The summed E-state index contributed by atoms with van der Waals surface area (Å²) in [4.78, 5) is 12.9. The number of carbonyl (C=O) groups is 1. The van der Waals surface area contributed by atoms with Gasteiger partial charge in [0.25, 0.3) is 0 Å². The van der Waals surface area contributed by atoms with Gasteiger partial charge in [0.1, 0.15) is 0 Å². The molecular formula is C16H20ClNO3. The number of anilines is 1. The van der Waals surface area contributed by atoms with Gasteiger partial charge >= 0.3 is 5.97 Å². The highest BCUT2D eigenvalue weighted by atomic mass is 35.5. The van der Waals surface area contributed by atoms with Crippen LogP contribution in [0.25, 0.3) is 6.08 Å². The van der Waals surface area contributed by atoms with Crippen LogP contribution in [0.2, 0.25) is 5.02 Å². The molecular weight excluding hydrogens is 290 g/mol. The number of hydrogen-bond donors (Lipinski definition) is 1. The normalized spacial score (nSPS) is 22.7. The molecule has 0 amide bonds. The minimum absolute atomic E-state index is 0.186. The van der Waals surface area contributed by atoms with Gasteiger partial charge in [-0.25, -0.2) is 4.79 Å². The fourth-order valence-corrected chi connectivity index (χ4v) is 2.84. The van der Waals surface area contributed by atoms with Gasteiger partial charge in [0.15, 0.2) is 0 Å². The van der Waals surface area contributed by atoms with Crippen LogP contribution in [-0.2, 0) is 9.53 Å². The molecule has 1 aliphatic rings. The second kappa shape index (κ2) is 6.50. The summed E-state index contributed by atoms with van der Waals surface area (Å²) in [7, 11) is 1.73. The minimum atomic E-state index is -0.962. The van der Waals surface area contributed by atoms with E-state index < -0.39 is 5.97 Å². The number of carboxylic acids is 1. The molecule has 2 rings (SSSR count). The molecule has 114 valence electrons. The summed E-state index contributed by atoms with van der Waals surface area (Å²) in [5, 5.41) is 9.45. The maximum Gasteiger partial charge on any atom is 0.328 e. The summed E-state index contributed by atoms with van der Waals surface area (Å²) in [6, 6.07) is 5.49. The first kappa shape index (κ1) is 15.9. The molecule has 1 fully saturated rings. The van der Waals surface area contributed by atoms with Gasteiger partial charge in [-0.3, -0.25) is 0 Å². The maximum atomic E-state index is 10.7. The molecule has 5 heteroatoms. The van der Waals surface area contributed by atoms with Crippen LogP contribution in [0, 0.1) is 0 Å². The fourth-order valence-electron chi connectivity index (χ4n) is 2.67. The summed E-state index contributed by atoms with van der Waals surface area (Å²) >= 11 is 6.11. The summed E-state index contributed by atoms with van der Waals surface area (Å²) in [5.41, 5.74) is 1.61. The van der Waals surface area contributed by atoms with Crippen LogP contribution in [-0.4, -0.2) is 36.9 Å². The zero-order valence-corrected chi connectivity index (χ0v) is 13.1. The first-order chi connectivity index (χ1) is 9.93. The van der Waals surface area contributed by atoms with Crippen molar-refractivity contribution >= 4 is 29.3 Å². The van der Waals surface area contributed by atoms with Crippen LogP contribution in [0.4, 0.5) is 5.69 Å². The second-order valence-corrected chi connectivity index (χ2v) is 5.99. The zero-order chi connectivity index (χ0) is 15.5. The third kappa shape index (κ3) is 3.99. The molecule has 4 nitrogen and oxygen atoms in total. The SMILES string of the molecule is COC1(C)CCCN(c2cc(Cl)ccc2/C=C/C(=O)O)C1. The Balaban J connectivity index is 2.33. The van der Waals surface area contributed by atoms with Crippen LogP contribution in [0.3, 0.4) is 0 Å². The van der Waals surface area contributed by atoms with E-state index in [4.69, 9.17) is 21.4 Å². The van der Waals surface area contributed by atoms with E-state index in [1.165, 1.54) is 0 Å². The standard InChI is InChI=1S/C16H20ClNO3/c1-16(21-2)8-3-9-18(11-16)14-10-13(17)6-4-12(14)5-7-15(19)20/h4-7,10H,3,8-9,11H2,1-2H3,(H,19,20)/b7-5+. The molecule has 0 saturated carbocycles. The Kier molecular flexibility index (Phi) is 4.91. The second-order valence-electron chi connectivity index (χ2n) is 5.55. The van der Waals surface area contributed by atoms with Crippen LogP contribution in [0.5, 0.6) is 0 Å². The number of ether oxygens (including phenoxy) is 1. The number of rotatable bonds is 4. The van der Waals surface area contributed by atoms with Gasteiger partial charge < -0.3 is 14.7 Å². The predicted octanol–water partition coefficient (Wildman–Crippen LogP) is 3.44. The molecule has 0 aromatic heterocycles. The fraction of sp³-hybridized carbons (Fsp3) is 0.438. The Morgan fingerprint density at radius 1 is 1.52 bits per heavy atom. The first-order valence-corrected chi connectivity index (χ1v) is 7.32. The smallest absolute Gasteiger partial charge is 0.328 e. The van der Waals surface area contributed by atoms with Crippen LogP contribution >= 0.6 is 11.6 Å². The third-order valence-electron chi connectivity index (χ3n) is 3.89. The topological polar surface area (TPSA) is 49.8 Å². The predicted molar refractivity (Wildman–Crippen MR) is 85.0 cm³/mol. The zero-order valence-electron chi connectivity index (χ0n) is 12.3. The molecule has 1 aromatic carbocycles. The number of halogens is 1. The van der Waals surface area contributed by atoms with Crippen LogP contribution in [0.15, 0.2) is 24.3 Å². The highest BCUT2D eigenvalue weighted by Gasteiger charge is 2.31. The Morgan fingerprint density at radius 2 is 2.29 bits per heavy atom. The highest BCUT2D eigenvalue weighted by Crippen LogP contribution is 2.32. The molecule has 1 unspecified atom stereocenters. The Morgan fingerprint density at radius 3 is 2.95 bits per heavy atom. The van der Waals surface area contributed by atoms with E-state index in [1.54, 1.807) is 19.3 Å². The van der Waals surface area contributed by atoms with Gasteiger partial charge in [-0.2, -0.15) is 0 Å². The van der Waals surface area contributed by atoms with Gasteiger partial charge in [-0.15, -0.1) is 0 Å². The molecule has 0 radical (unpaired) electrons. The Labute approximate surface area is 130 Å². The molecule has 1 N–H and O–H groups in total. The number of piperidine rings is 1. The van der Waals surface area contributed by atoms with E-state index in [9.17, 15) is 4.79 Å². The lowest BCUT2D eigenvalue weighted by atomic mass is 9.93. The van der Waals surface area contributed by atoms with Crippen LogP contribution < -0.4 is 4.90 Å². The van der Waals surface area contributed by atoms with Gasteiger partial charge in [0.05, 0.1) is 5.60 Å². The molecule has 1 aliphatic heterocycles. The number of methoxy groups -OCH3 is 1. The summed E-state index contributed by atoms with van der Waals surface area (Å²) in [6.07, 6.45) is 4.79. The number of hydrogen-bond acceptors (Lipinski definition) is 3. The Bertz CT molecular complexity index is 558. The largest absolute Gasteiger partial charge is 0.478 e. The van der Waals surface area contributed by atoms with E-state index in [0.717, 1.165) is 43.3 Å². The number of nitrogens with zero attached hydrogens (tertiary/aromatic N) is 1. The van der Waals surface area contributed by atoms with Crippen LogP contribution in [0.1, 0.15) is 25.3 Å². The van der Waals surface area contributed by atoms with Crippen molar-refractivity contribution < 1.29 is 14.6 Å². The van der Waals surface area contributed by atoms with E-state index in [0.29, 0.717) is 5.02 Å². The maximum absolute atomic E-state index is 10.7. The van der Waals surface area contributed by atoms with Crippen molar-refractivity contribution in [2.75, 3.05) is 25.1 Å². The third-order valence-corrected chi connectivity index (χ3v) is 4.13. The molecule has 21 heavy (non-hydrogen) atoms. The molecule has 0 bridgehead atoms. The first-order valence-electron chi connectivity index (χ1n) is 6.94. The van der Waals surface area contributed by atoms with E-state index in [-0.39, 0.29) is 5.60 Å². The van der Waals surface area contributed by atoms with Crippen molar-refractivity contribution in [3.63, 3.8) is 0 Å². The minimum Gasteiger partial charge on any atom is -0.478 e. The summed E-state index contributed by atoms with van der Waals surface area (Å²) in [5.74, 6) is -0.962. The van der Waals surface area contributed by atoms with Crippen molar-refractivity contribution in [1.29, 1.82) is 0 Å². The van der Waals surface area contributed by atoms with Gasteiger partial charge in [-0.05, 0) is 43.5 Å². The molecule has 0 spiro atoms. The van der Waals surface area contributed by atoms with Crippen molar-refractivity contribution in [3.8, 4) is 0 Å². The molecule has 1 aromatic rings. The van der Waals surface area contributed by atoms with Crippen molar-refractivity contribution in [2.24, 2.45) is 0 Å². The lowest BCUT2D eigenvalue weighted by molar-refractivity contribution is -0.131. The quantitative estimate of drug-likeness (QED) is 0.866. The van der Waals surface area contributed by atoms with Gasteiger partial charge in [0, 0.05) is 37.0 Å². The van der Waals surface area contributed by atoms with E-state index in [2.05, 4.69) is 11.8 Å². The molecule has 0 aliphatic carbocycles. The Hall–Kier alpha value is -1.52.